The minimum absolute atomic E-state index is 0.0104. The van der Waals surface area contributed by atoms with Crippen molar-refractivity contribution >= 4 is 15.9 Å². The second-order valence-corrected chi connectivity index (χ2v) is 6.03. The molecule has 0 amide bonds. The molecule has 0 spiro atoms. The van der Waals surface area contributed by atoms with Crippen molar-refractivity contribution in [2.24, 2.45) is 17.6 Å². The largest absolute Gasteiger partial charge is 0.329 e. The van der Waals surface area contributed by atoms with Crippen LogP contribution in [0.25, 0.3) is 0 Å². The van der Waals surface area contributed by atoms with E-state index >= 15 is 0 Å². The van der Waals surface area contributed by atoms with Crippen LogP contribution >= 0.6 is 15.9 Å². The Bertz CT molecular complexity index is 407. The SMILES string of the molecule is CC(CNC(CN)c1cc(F)ccc1Br)C1CC1. The monoisotopic (exact) mass is 314 g/mol. The van der Waals surface area contributed by atoms with Gasteiger partial charge >= 0.3 is 0 Å². The van der Waals surface area contributed by atoms with E-state index in [0.29, 0.717) is 12.5 Å². The highest BCUT2D eigenvalue weighted by Gasteiger charge is 2.28. The zero-order chi connectivity index (χ0) is 13.1. The molecule has 2 unspecified atom stereocenters. The molecule has 1 aliphatic rings. The maximum absolute atomic E-state index is 13.3. The molecule has 0 radical (unpaired) electrons. The lowest BCUT2D eigenvalue weighted by molar-refractivity contribution is 0.421. The number of rotatable bonds is 6. The van der Waals surface area contributed by atoms with E-state index in [9.17, 15) is 4.39 Å². The van der Waals surface area contributed by atoms with Crippen molar-refractivity contribution in [3.05, 3.63) is 34.1 Å². The zero-order valence-electron chi connectivity index (χ0n) is 10.6. The molecule has 0 saturated heterocycles. The van der Waals surface area contributed by atoms with Gasteiger partial charge in [0.15, 0.2) is 0 Å². The topological polar surface area (TPSA) is 38.0 Å². The van der Waals surface area contributed by atoms with Crippen LogP contribution in [0.2, 0.25) is 0 Å². The molecule has 3 N–H and O–H groups in total. The number of hydrogen-bond donors (Lipinski definition) is 2. The van der Waals surface area contributed by atoms with Crippen molar-refractivity contribution in [3.8, 4) is 0 Å². The number of benzene rings is 1. The van der Waals surface area contributed by atoms with Gasteiger partial charge in [-0.15, -0.1) is 0 Å². The van der Waals surface area contributed by atoms with Gasteiger partial charge in [0.05, 0.1) is 0 Å². The predicted octanol–water partition coefficient (Wildman–Crippen LogP) is 3.22. The molecule has 0 aromatic heterocycles. The number of nitrogens with one attached hydrogen (secondary N) is 1. The summed E-state index contributed by atoms with van der Waals surface area (Å²) >= 11 is 3.46. The Kier molecular flexibility index (Phi) is 4.76. The van der Waals surface area contributed by atoms with Crippen LogP contribution in [0.3, 0.4) is 0 Å². The van der Waals surface area contributed by atoms with E-state index in [4.69, 9.17) is 5.73 Å². The predicted molar refractivity (Wildman–Crippen MR) is 75.8 cm³/mol. The maximum atomic E-state index is 13.3. The fraction of sp³-hybridized carbons (Fsp3) is 0.571. The van der Waals surface area contributed by atoms with Crippen LogP contribution < -0.4 is 11.1 Å². The summed E-state index contributed by atoms with van der Waals surface area (Å²) < 4.78 is 14.2. The van der Waals surface area contributed by atoms with Crippen LogP contribution in [-0.2, 0) is 0 Å². The Labute approximate surface area is 116 Å². The lowest BCUT2D eigenvalue weighted by atomic mass is 10.0. The van der Waals surface area contributed by atoms with Crippen molar-refractivity contribution in [2.45, 2.75) is 25.8 Å². The summed E-state index contributed by atoms with van der Waals surface area (Å²) in [6, 6.07) is 4.75. The Morgan fingerprint density at radius 3 is 2.83 bits per heavy atom. The minimum Gasteiger partial charge on any atom is -0.329 e. The first-order chi connectivity index (χ1) is 8.61. The second kappa shape index (κ2) is 6.13. The smallest absolute Gasteiger partial charge is 0.123 e. The van der Waals surface area contributed by atoms with Crippen molar-refractivity contribution in [1.82, 2.24) is 5.32 Å². The molecular formula is C14H20BrFN2. The first-order valence-corrected chi connectivity index (χ1v) is 7.29. The molecule has 2 nitrogen and oxygen atoms in total. The molecule has 1 aliphatic carbocycles. The van der Waals surface area contributed by atoms with Gasteiger partial charge in [-0.25, -0.2) is 4.39 Å². The highest BCUT2D eigenvalue weighted by Crippen LogP contribution is 2.36. The molecule has 2 rings (SSSR count). The number of halogens is 2. The van der Waals surface area contributed by atoms with Gasteiger partial charge < -0.3 is 11.1 Å². The summed E-state index contributed by atoms with van der Waals surface area (Å²) in [6.07, 6.45) is 2.69. The van der Waals surface area contributed by atoms with Gasteiger partial charge in [0.2, 0.25) is 0 Å². The van der Waals surface area contributed by atoms with Crippen LogP contribution in [0.1, 0.15) is 31.4 Å². The van der Waals surface area contributed by atoms with Crippen LogP contribution in [0, 0.1) is 17.7 Å². The Morgan fingerprint density at radius 2 is 2.22 bits per heavy atom. The standard InChI is InChI=1S/C14H20BrFN2/c1-9(10-2-3-10)8-18-14(7-17)12-6-11(16)4-5-13(12)15/h4-6,9-10,14,18H,2-3,7-8,17H2,1H3. The van der Waals surface area contributed by atoms with Crippen molar-refractivity contribution in [3.63, 3.8) is 0 Å². The van der Waals surface area contributed by atoms with Gasteiger partial charge in [0.25, 0.3) is 0 Å². The quantitative estimate of drug-likeness (QED) is 0.846. The Balaban J connectivity index is 2.00. The van der Waals surface area contributed by atoms with E-state index in [1.807, 2.05) is 0 Å². The Morgan fingerprint density at radius 1 is 1.50 bits per heavy atom. The molecule has 4 heteroatoms. The third-order valence-corrected chi connectivity index (χ3v) is 4.40. The van der Waals surface area contributed by atoms with E-state index in [1.54, 1.807) is 12.1 Å². The molecule has 1 saturated carbocycles. The first kappa shape index (κ1) is 14.0. The third-order valence-electron chi connectivity index (χ3n) is 3.68. The van der Waals surface area contributed by atoms with Crippen molar-refractivity contribution < 1.29 is 4.39 Å². The van der Waals surface area contributed by atoms with Gasteiger partial charge in [-0.05, 0) is 55.0 Å². The fourth-order valence-electron chi connectivity index (χ4n) is 2.26. The molecule has 2 atom stereocenters. The third kappa shape index (κ3) is 3.53. The second-order valence-electron chi connectivity index (χ2n) is 5.18. The lowest BCUT2D eigenvalue weighted by Crippen LogP contribution is -2.32. The summed E-state index contributed by atoms with van der Waals surface area (Å²) in [5, 5.41) is 3.45. The summed E-state index contributed by atoms with van der Waals surface area (Å²) in [4.78, 5) is 0. The average molecular weight is 315 g/mol. The number of nitrogens with two attached hydrogens (primary N) is 1. The van der Waals surface area contributed by atoms with Gasteiger partial charge in [-0.2, -0.15) is 0 Å². The van der Waals surface area contributed by atoms with E-state index in [1.165, 1.54) is 18.9 Å². The average Bonchev–Trinajstić information content (AvgIpc) is 3.18. The zero-order valence-corrected chi connectivity index (χ0v) is 12.2. The van der Waals surface area contributed by atoms with Crippen LogP contribution in [0.5, 0.6) is 0 Å². The molecule has 1 fully saturated rings. The molecule has 0 bridgehead atoms. The van der Waals surface area contributed by atoms with Crippen molar-refractivity contribution in [2.75, 3.05) is 13.1 Å². The van der Waals surface area contributed by atoms with E-state index < -0.39 is 0 Å². The molecule has 1 aromatic rings. The van der Waals surface area contributed by atoms with Crippen LogP contribution in [0.15, 0.2) is 22.7 Å². The van der Waals surface area contributed by atoms with Crippen LogP contribution in [0.4, 0.5) is 4.39 Å². The minimum atomic E-state index is -0.219. The Hall–Kier alpha value is -0.450. The van der Waals surface area contributed by atoms with Gasteiger partial charge in [-0.3, -0.25) is 0 Å². The normalized spacial score (nSPS) is 18.7. The van der Waals surface area contributed by atoms with E-state index in [2.05, 4.69) is 28.2 Å². The number of hydrogen-bond acceptors (Lipinski definition) is 2. The molecule has 18 heavy (non-hydrogen) atoms. The van der Waals surface area contributed by atoms with E-state index in [0.717, 1.165) is 22.5 Å². The fourth-order valence-corrected chi connectivity index (χ4v) is 2.78. The molecule has 0 heterocycles. The summed E-state index contributed by atoms with van der Waals surface area (Å²) in [5.74, 6) is 1.32. The summed E-state index contributed by atoms with van der Waals surface area (Å²) in [7, 11) is 0. The van der Waals surface area contributed by atoms with Gasteiger partial charge in [0, 0.05) is 17.1 Å². The molecule has 100 valence electrons. The highest BCUT2D eigenvalue weighted by atomic mass is 79.9. The lowest BCUT2D eigenvalue weighted by Gasteiger charge is -2.21. The highest BCUT2D eigenvalue weighted by molar-refractivity contribution is 9.10. The van der Waals surface area contributed by atoms with Gasteiger partial charge in [-0.1, -0.05) is 22.9 Å². The first-order valence-electron chi connectivity index (χ1n) is 6.50. The molecule has 1 aromatic carbocycles. The van der Waals surface area contributed by atoms with Crippen LogP contribution in [-0.4, -0.2) is 13.1 Å². The van der Waals surface area contributed by atoms with Gasteiger partial charge in [0.1, 0.15) is 5.82 Å². The van der Waals surface area contributed by atoms with E-state index in [-0.39, 0.29) is 11.9 Å². The molecular weight excluding hydrogens is 295 g/mol. The maximum Gasteiger partial charge on any atom is 0.123 e. The van der Waals surface area contributed by atoms with Crippen molar-refractivity contribution in [1.29, 1.82) is 0 Å². The molecule has 0 aliphatic heterocycles. The summed E-state index contributed by atoms with van der Waals surface area (Å²) in [6.45, 7) is 3.67. The summed E-state index contributed by atoms with van der Waals surface area (Å²) in [5.41, 5.74) is 6.70.